The summed E-state index contributed by atoms with van der Waals surface area (Å²) in [4.78, 5) is 0. The fourth-order valence-electron chi connectivity index (χ4n) is 1.93. The van der Waals surface area contributed by atoms with Crippen molar-refractivity contribution >= 4 is 0 Å². The van der Waals surface area contributed by atoms with Crippen molar-refractivity contribution in [1.29, 1.82) is 0 Å². The molecule has 0 fully saturated rings. The average molecular weight is 218 g/mol. The summed E-state index contributed by atoms with van der Waals surface area (Å²) in [5.74, 6) is 0. The molecule has 0 radical (unpaired) electrons. The molecule has 0 atom stereocenters. The van der Waals surface area contributed by atoms with Gasteiger partial charge in [-0.25, -0.2) is 0 Å². The molecule has 0 aliphatic rings. The van der Waals surface area contributed by atoms with Gasteiger partial charge in [0.1, 0.15) is 0 Å². The zero-order valence-electron chi connectivity index (χ0n) is 12.1. The van der Waals surface area contributed by atoms with E-state index in [0.29, 0.717) is 0 Å². The van der Waals surface area contributed by atoms with Gasteiger partial charge >= 0.3 is 18.9 Å². The smallest absolute Gasteiger partial charge is 0.328 e. The Morgan fingerprint density at radius 3 is 1.50 bits per heavy atom. The molecule has 0 aromatic heterocycles. The second kappa shape index (κ2) is 18.0. The van der Waals surface area contributed by atoms with Crippen LogP contribution in [0.1, 0.15) is 90.9 Å². The first-order valence-corrected chi connectivity index (χ1v) is 7.23. The van der Waals surface area contributed by atoms with Crippen LogP contribution in [0.5, 0.6) is 0 Å². The zero-order chi connectivity index (χ0) is 11.2. The zero-order valence-corrected chi connectivity index (χ0v) is 12.1. The van der Waals surface area contributed by atoms with Gasteiger partial charge in [0.25, 0.3) is 0 Å². The first-order valence-electron chi connectivity index (χ1n) is 7.23. The molecule has 0 bridgehead atoms. The first kappa shape index (κ1) is 18.9. The van der Waals surface area contributed by atoms with Crippen LogP contribution in [0.15, 0.2) is 0 Å². The molecular weight excluding hydrogens is 187 g/mol. The fourth-order valence-corrected chi connectivity index (χ4v) is 1.93. The van der Waals surface area contributed by atoms with Crippen molar-refractivity contribution in [3.05, 3.63) is 6.42 Å². The standard InChI is InChI=1S/C15H31.Li/c1-3-5-7-9-11-13-15-14-12-10-8-6-4-2;/h11H,3-10,12-15H2,1-2H3;/q-1;+1. The molecule has 0 spiro atoms. The van der Waals surface area contributed by atoms with Gasteiger partial charge in [-0.3, -0.25) is 0 Å². The van der Waals surface area contributed by atoms with E-state index in [9.17, 15) is 0 Å². The number of rotatable bonds is 12. The van der Waals surface area contributed by atoms with Gasteiger partial charge in [-0.2, -0.15) is 12.8 Å². The molecule has 0 nitrogen and oxygen atoms in total. The molecule has 0 aliphatic carbocycles. The number of unbranched alkanes of at least 4 members (excludes halogenated alkanes) is 12. The van der Waals surface area contributed by atoms with E-state index in [-0.39, 0.29) is 18.9 Å². The molecule has 0 N–H and O–H groups in total. The van der Waals surface area contributed by atoms with Gasteiger partial charge in [-0.05, 0) is 0 Å². The molecule has 0 aromatic rings. The topological polar surface area (TPSA) is 0 Å². The number of hydrogen-bond acceptors (Lipinski definition) is 0. The molecule has 0 heterocycles. The summed E-state index contributed by atoms with van der Waals surface area (Å²) < 4.78 is 0. The molecule has 0 amide bonds. The predicted octanol–water partition coefficient (Wildman–Crippen LogP) is 2.92. The molecule has 16 heavy (non-hydrogen) atoms. The molecule has 0 rings (SSSR count). The Balaban J connectivity index is 0. The Kier molecular flexibility index (Phi) is 21.3. The molecule has 0 aliphatic heterocycles. The molecular formula is C15H31Li. The van der Waals surface area contributed by atoms with Gasteiger partial charge < -0.3 is 6.42 Å². The predicted molar refractivity (Wildman–Crippen MR) is 71.1 cm³/mol. The Labute approximate surface area is 116 Å². The minimum absolute atomic E-state index is 0. The summed E-state index contributed by atoms with van der Waals surface area (Å²) in [5, 5.41) is 0. The summed E-state index contributed by atoms with van der Waals surface area (Å²) in [7, 11) is 0. The van der Waals surface area contributed by atoms with E-state index in [1.165, 1.54) is 77.0 Å². The van der Waals surface area contributed by atoms with Gasteiger partial charge in [-0.15, -0.1) is 0 Å². The normalized spacial score (nSPS) is 10.1. The molecule has 1 heteroatoms. The van der Waals surface area contributed by atoms with Crippen LogP contribution in [-0.2, 0) is 0 Å². The Hall–Kier alpha value is 0.597. The van der Waals surface area contributed by atoms with Gasteiger partial charge in [0, 0.05) is 0 Å². The van der Waals surface area contributed by atoms with Crippen LogP contribution in [0.3, 0.4) is 0 Å². The largest absolute Gasteiger partial charge is 1.00 e. The van der Waals surface area contributed by atoms with Crippen molar-refractivity contribution in [2.45, 2.75) is 90.9 Å². The first-order chi connectivity index (χ1) is 7.41. The van der Waals surface area contributed by atoms with Crippen LogP contribution in [0.25, 0.3) is 0 Å². The fraction of sp³-hybridized carbons (Fsp3) is 0.933. The minimum atomic E-state index is 0. The van der Waals surface area contributed by atoms with Crippen LogP contribution < -0.4 is 18.9 Å². The third kappa shape index (κ3) is 17.0. The Bertz CT molecular complexity index is 89.6. The monoisotopic (exact) mass is 218 g/mol. The summed E-state index contributed by atoms with van der Waals surface area (Å²) in [6.45, 7) is 4.56. The quantitative estimate of drug-likeness (QED) is 0.268. The van der Waals surface area contributed by atoms with E-state index < -0.39 is 0 Å². The maximum atomic E-state index is 2.50. The van der Waals surface area contributed by atoms with Crippen molar-refractivity contribution in [3.8, 4) is 0 Å². The maximum absolute atomic E-state index is 2.50. The molecule has 0 saturated carbocycles. The van der Waals surface area contributed by atoms with Crippen LogP contribution in [0.2, 0.25) is 0 Å². The van der Waals surface area contributed by atoms with Crippen LogP contribution in [-0.4, -0.2) is 0 Å². The second-order valence-corrected chi connectivity index (χ2v) is 4.69. The van der Waals surface area contributed by atoms with Gasteiger partial charge in [0.15, 0.2) is 0 Å². The Morgan fingerprint density at radius 2 is 0.938 bits per heavy atom. The van der Waals surface area contributed by atoms with Crippen molar-refractivity contribution in [1.82, 2.24) is 0 Å². The van der Waals surface area contributed by atoms with Crippen molar-refractivity contribution in [2.75, 3.05) is 0 Å². The van der Waals surface area contributed by atoms with Crippen LogP contribution in [0, 0.1) is 6.42 Å². The summed E-state index contributed by atoms with van der Waals surface area (Å²) in [5.41, 5.74) is 0. The van der Waals surface area contributed by atoms with Gasteiger partial charge in [0.2, 0.25) is 0 Å². The Morgan fingerprint density at radius 1 is 0.562 bits per heavy atom. The summed E-state index contributed by atoms with van der Waals surface area (Å²) in [6, 6.07) is 0. The average Bonchev–Trinajstić information content (AvgIpc) is 2.26. The second-order valence-electron chi connectivity index (χ2n) is 4.69. The van der Waals surface area contributed by atoms with Gasteiger partial charge in [-0.1, -0.05) is 78.1 Å². The third-order valence-electron chi connectivity index (χ3n) is 3.02. The molecule has 92 valence electrons. The maximum Gasteiger partial charge on any atom is 1.00 e. The van der Waals surface area contributed by atoms with E-state index in [1.54, 1.807) is 0 Å². The molecule has 0 saturated heterocycles. The molecule has 0 aromatic carbocycles. The van der Waals surface area contributed by atoms with E-state index >= 15 is 0 Å². The van der Waals surface area contributed by atoms with Gasteiger partial charge in [0.05, 0.1) is 0 Å². The summed E-state index contributed by atoms with van der Waals surface area (Å²) in [6.07, 6.45) is 19.4. The number of hydrogen-bond donors (Lipinski definition) is 0. The van der Waals surface area contributed by atoms with E-state index in [4.69, 9.17) is 0 Å². The van der Waals surface area contributed by atoms with Crippen LogP contribution >= 0.6 is 0 Å². The van der Waals surface area contributed by atoms with Crippen molar-refractivity contribution < 1.29 is 18.9 Å². The summed E-state index contributed by atoms with van der Waals surface area (Å²) >= 11 is 0. The minimum Gasteiger partial charge on any atom is -0.328 e. The third-order valence-corrected chi connectivity index (χ3v) is 3.02. The van der Waals surface area contributed by atoms with Crippen molar-refractivity contribution in [2.24, 2.45) is 0 Å². The van der Waals surface area contributed by atoms with E-state index in [0.717, 1.165) is 0 Å². The van der Waals surface area contributed by atoms with E-state index in [2.05, 4.69) is 20.3 Å². The van der Waals surface area contributed by atoms with Crippen molar-refractivity contribution in [3.63, 3.8) is 0 Å². The SMILES string of the molecule is CCCCC[CH-]CCCCCCCCC.[Li+]. The van der Waals surface area contributed by atoms with Crippen LogP contribution in [0.4, 0.5) is 0 Å². The van der Waals surface area contributed by atoms with E-state index in [1.807, 2.05) is 0 Å². The molecule has 0 unspecified atom stereocenters.